The third-order valence-electron chi connectivity index (χ3n) is 1.79. The van der Waals surface area contributed by atoms with Gasteiger partial charge in [0.15, 0.2) is 0 Å². The molecule has 0 rings (SSSR count). The van der Waals surface area contributed by atoms with Crippen molar-refractivity contribution >= 4 is 5.97 Å². The van der Waals surface area contributed by atoms with Crippen molar-refractivity contribution in [1.29, 1.82) is 0 Å². The van der Waals surface area contributed by atoms with Gasteiger partial charge in [0, 0.05) is 25.3 Å². The quantitative estimate of drug-likeness (QED) is 0.487. The van der Waals surface area contributed by atoms with Crippen LogP contribution in [0.15, 0.2) is 12.2 Å². The molecule has 0 radical (unpaired) electrons. The highest BCUT2D eigenvalue weighted by Gasteiger charge is 2.07. The number of nitrogens with one attached hydrogen (secondary N) is 1. The monoisotopic (exact) mass is 215 g/mol. The van der Waals surface area contributed by atoms with Crippen molar-refractivity contribution in [1.82, 2.24) is 5.32 Å². The van der Waals surface area contributed by atoms with Crippen LogP contribution < -0.4 is 5.32 Å². The van der Waals surface area contributed by atoms with E-state index in [2.05, 4.69) is 11.9 Å². The van der Waals surface area contributed by atoms with E-state index in [9.17, 15) is 4.79 Å². The first-order chi connectivity index (χ1) is 7.11. The summed E-state index contributed by atoms with van der Waals surface area (Å²) < 4.78 is 10.1. The van der Waals surface area contributed by atoms with Crippen LogP contribution in [-0.4, -0.2) is 38.4 Å². The minimum atomic E-state index is -0.339. The Morgan fingerprint density at radius 1 is 1.40 bits per heavy atom. The minimum absolute atomic E-state index is 0.144. The molecule has 0 saturated carbocycles. The maximum Gasteiger partial charge on any atom is 0.334 e. The van der Waals surface area contributed by atoms with Gasteiger partial charge in [0.25, 0.3) is 0 Å². The topological polar surface area (TPSA) is 47.6 Å². The van der Waals surface area contributed by atoms with E-state index in [0.717, 1.165) is 0 Å². The van der Waals surface area contributed by atoms with E-state index in [1.54, 1.807) is 6.92 Å². The molecule has 0 bridgehead atoms. The van der Waals surface area contributed by atoms with Gasteiger partial charge in [0.05, 0.1) is 12.7 Å². The molecule has 0 fully saturated rings. The molecular weight excluding hydrogens is 194 g/mol. The molecular formula is C11H21NO3. The zero-order valence-corrected chi connectivity index (χ0v) is 9.84. The van der Waals surface area contributed by atoms with Crippen LogP contribution >= 0.6 is 0 Å². The van der Waals surface area contributed by atoms with Gasteiger partial charge in [-0.05, 0) is 20.8 Å². The lowest BCUT2D eigenvalue weighted by Gasteiger charge is -2.12. The van der Waals surface area contributed by atoms with Crippen LogP contribution in [0.5, 0.6) is 0 Å². The Balaban J connectivity index is 3.58. The van der Waals surface area contributed by atoms with Crippen molar-refractivity contribution in [2.75, 3.05) is 26.3 Å². The lowest BCUT2D eigenvalue weighted by Crippen LogP contribution is -2.30. The van der Waals surface area contributed by atoms with Gasteiger partial charge in [-0.1, -0.05) is 6.58 Å². The van der Waals surface area contributed by atoms with Crippen LogP contribution in [0.2, 0.25) is 0 Å². The first-order valence-corrected chi connectivity index (χ1v) is 5.29. The molecule has 0 saturated heterocycles. The Hall–Kier alpha value is -0.870. The average Bonchev–Trinajstić information content (AvgIpc) is 2.18. The van der Waals surface area contributed by atoms with Crippen LogP contribution in [0.25, 0.3) is 0 Å². The first kappa shape index (κ1) is 14.1. The number of hydrogen-bond donors (Lipinski definition) is 1. The predicted octanol–water partition coefficient (Wildman–Crippen LogP) is 1.12. The van der Waals surface area contributed by atoms with Crippen molar-refractivity contribution in [3.63, 3.8) is 0 Å². The van der Waals surface area contributed by atoms with E-state index in [0.29, 0.717) is 31.9 Å². The van der Waals surface area contributed by atoms with Crippen LogP contribution in [0.1, 0.15) is 20.8 Å². The molecule has 0 heterocycles. The lowest BCUT2D eigenvalue weighted by molar-refractivity contribution is -0.138. The van der Waals surface area contributed by atoms with Gasteiger partial charge in [0.1, 0.15) is 0 Å². The van der Waals surface area contributed by atoms with Crippen molar-refractivity contribution in [2.45, 2.75) is 26.9 Å². The fourth-order valence-corrected chi connectivity index (χ4v) is 1.08. The Kier molecular flexibility index (Phi) is 7.95. The van der Waals surface area contributed by atoms with E-state index in [4.69, 9.17) is 9.47 Å². The molecule has 0 aromatic rings. The average molecular weight is 215 g/mol. The van der Waals surface area contributed by atoms with E-state index in [1.165, 1.54) is 0 Å². The van der Waals surface area contributed by atoms with Crippen molar-refractivity contribution < 1.29 is 14.3 Å². The van der Waals surface area contributed by atoms with E-state index < -0.39 is 0 Å². The maximum absolute atomic E-state index is 11.2. The number of ether oxygens (including phenoxy) is 2. The summed E-state index contributed by atoms with van der Waals surface area (Å²) in [6.07, 6.45) is 0.144. The summed E-state index contributed by atoms with van der Waals surface area (Å²) in [6, 6.07) is 0. The highest BCUT2D eigenvalue weighted by molar-refractivity contribution is 5.88. The van der Waals surface area contributed by atoms with Gasteiger partial charge in [-0.3, -0.25) is 0 Å². The molecule has 0 aliphatic carbocycles. The largest absolute Gasteiger partial charge is 0.463 e. The Morgan fingerprint density at radius 2 is 2.07 bits per heavy atom. The minimum Gasteiger partial charge on any atom is -0.463 e. The molecule has 0 aliphatic heterocycles. The summed E-state index contributed by atoms with van der Waals surface area (Å²) in [7, 11) is 0. The van der Waals surface area contributed by atoms with Crippen LogP contribution in [-0.2, 0) is 14.3 Å². The normalized spacial score (nSPS) is 12.2. The molecule has 15 heavy (non-hydrogen) atoms. The number of esters is 1. The molecule has 1 unspecified atom stereocenters. The standard InChI is InChI=1S/C11H21NO3/c1-5-14-10(4)8-12-7-9(3)11(13)15-6-2/h10,12H,3,5-8H2,1-2,4H3. The predicted molar refractivity (Wildman–Crippen MR) is 59.7 cm³/mol. The van der Waals surface area contributed by atoms with Crippen LogP contribution in [0, 0.1) is 0 Å². The second-order valence-electron chi connectivity index (χ2n) is 3.22. The van der Waals surface area contributed by atoms with E-state index in [1.807, 2.05) is 13.8 Å². The van der Waals surface area contributed by atoms with Gasteiger partial charge in [0.2, 0.25) is 0 Å². The van der Waals surface area contributed by atoms with Gasteiger partial charge in [-0.2, -0.15) is 0 Å². The molecule has 0 aromatic carbocycles. The second kappa shape index (κ2) is 8.44. The molecule has 1 N–H and O–H groups in total. The van der Waals surface area contributed by atoms with Gasteiger partial charge < -0.3 is 14.8 Å². The molecule has 88 valence electrons. The summed E-state index contributed by atoms with van der Waals surface area (Å²) in [5, 5.41) is 3.08. The van der Waals surface area contributed by atoms with E-state index in [-0.39, 0.29) is 12.1 Å². The number of rotatable bonds is 8. The lowest BCUT2D eigenvalue weighted by atomic mass is 10.3. The summed E-state index contributed by atoms with van der Waals surface area (Å²) in [4.78, 5) is 11.2. The van der Waals surface area contributed by atoms with Gasteiger partial charge >= 0.3 is 5.97 Å². The fourth-order valence-electron chi connectivity index (χ4n) is 1.08. The van der Waals surface area contributed by atoms with Crippen molar-refractivity contribution in [3.05, 3.63) is 12.2 Å². The van der Waals surface area contributed by atoms with Crippen molar-refractivity contribution in [2.24, 2.45) is 0 Å². The molecule has 0 aromatic heterocycles. The Morgan fingerprint density at radius 3 is 2.60 bits per heavy atom. The molecule has 4 heteroatoms. The van der Waals surface area contributed by atoms with Crippen molar-refractivity contribution in [3.8, 4) is 0 Å². The fraction of sp³-hybridized carbons (Fsp3) is 0.727. The number of hydrogen-bond acceptors (Lipinski definition) is 4. The summed E-state index contributed by atoms with van der Waals surface area (Å²) in [6.45, 7) is 11.6. The highest BCUT2D eigenvalue weighted by atomic mass is 16.5. The summed E-state index contributed by atoms with van der Waals surface area (Å²) in [5.41, 5.74) is 0.445. The zero-order valence-electron chi connectivity index (χ0n) is 9.84. The first-order valence-electron chi connectivity index (χ1n) is 5.29. The smallest absolute Gasteiger partial charge is 0.334 e. The zero-order chi connectivity index (χ0) is 11.7. The summed E-state index contributed by atoms with van der Waals surface area (Å²) in [5.74, 6) is -0.339. The van der Waals surface area contributed by atoms with E-state index >= 15 is 0 Å². The number of carbonyl (C=O) groups is 1. The molecule has 0 aliphatic rings. The Labute approximate surface area is 91.6 Å². The summed E-state index contributed by atoms with van der Waals surface area (Å²) >= 11 is 0. The molecule has 0 spiro atoms. The van der Waals surface area contributed by atoms with Crippen LogP contribution in [0.4, 0.5) is 0 Å². The SMILES string of the molecule is C=C(CNCC(C)OCC)C(=O)OCC. The molecule has 4 nitrogen and oxygen atoms in total. The maximum atomic E-state index is 11.2. The third kappa shape index (κ3) is 7.11. The highest BCUT2D eigenvalue weighted by Crippen LogP contribution is 1.93. The third-order valence-corrected chi connectivity index (χ3v) is 1.79. The Bertz CT molecular complexity index is 204. The van der Waals surface area contributed by atoms with Gasteiger partial charge in [-0.25, -0.2) is 4.79 Å². The number of carbonyl (C=O) groups excluding carboxylic acids is 1. The second-order valence-corrected chi connectivity index (χ2v) is 3.22. The van der Waals surface area contributed by atoms with Crippen LogP contribution in [0.3, 0.4) is 0 Å². The molecule has 1 atom stereocenters. The van der Waals surface area contributed by atoms with Gasteiger partial charge in [-0.15, -0.1) is 0 Å². The molecule has 0 amide bonds.